The molecule has 8 heteroatoms. The van der Waals surface area contributed by atoms with Crippen molar-refractivity contribution in [2.75, 3.05) is 7.11 Å². The van der Waals surface area contributed by atoms with E-state index in [0.717, 1.165) is 11.5 Å². The molecular weight excluding hydrogens is 236 g/mol. The Kier molecular flexibility index (Phi) is 3.35. The monoisotopic (exact) mass is 250 g/mol. The lowest BCUT2D eigenvalue weighted by atomic mass is 10.2. The fraction of sp³-hybridized carbons (Fsp3) is 0.500. The molecule has 0 unspecified atom stereocenters. The van der Waals surface area contributed by atoms with Gasteiger partial charge in [0.15, 0.2) is 11.5 Å². The number of ether oxygens (including phenoxy) is 1. The number of carbonyl (C=O) groups is 1. The molecule has 0 fully saturated rings. The van der Waals surface area contributed by atoms with E-state index in [1.165, 1.54) is 7.11 Å². The van der Waals surface area contributed by atoms with Gasteiger partial charge >= 0.3 is 5.97 Å². The zero-order chi connectivity index (χ0) is 13.1. The van der Waals surface area contributed by atoms with E-state index >= 15 is 0 Å². The molecule has 0 saturated heterocycles. The average molecular weight is 250 g/mol. The van der Waals surface area contributed by atoms with Gasteiger partial charge in [-0.15, -0.1) is 15.3 Å². The Morgan fingerprint density at radius 2 is 2.22 bits per heavy atom. The summed E-state index contributed by atoms with van der Waals surface area (Å²) in [7, 11) is 3.17. The number of aromatic nitrogens is 6. The van der Waals surface area contributed by atoms with E-state index in [1.54, 1.807) is 15.6 Å². The number of rotatable bonds is 4. The highest BCUT2D eigenvalue weighted by Crippen LogP contribution is 2.09. The van der Waals surface area contributed by atoms with Gasteiger partial charge in [-0.3, -0.25) is 0 Å². The molecule has 2 aromatic rings. The van der Waals surface area contributed by atoms with Gasteiger partial charge in [0.2, 0.25) is 0 Å². The molecular formula is C10H14N6O2. The van der Waals surface area contributed by atoms with Gasteiger partial charge in [0.25, 0.3) is 0 Å². The highest BCUT2D eigenvalue weighted by Gasteiger charge is 2.19. The van der Waals surface area contributed by atoms with Crippen LogP contribution in [0.3, 0.4) is 0 Å². The van der Waals surface area contributed by atoms with Crippen molar-refractivity contribution in [3.8, 4) is 0 Å². The molecule has 0 saturated carbocycles. The van der Waals surface area contributed by atoms with Crippen molar-refractivity contribution in [1.29, 1.82) is 0 Å². The number of carbonyl (C=O) groups excluding carboxylic acids is 1. The quantitative estimate of drug-likeness (QED) is 0.698. The van der Waals surface area contributed by atoms with Gasteiger partial charge in [-0.25, -0.2) is 9.48 Å². The van der Waals surface area contributed by atoms with Gasteiger partial charge < -0.3 is 9.30 Å². The maximum atomic E-state index is 11.5. The van der Waals surface area contributed by atoms with Crippen LogP contribution in [0.25, 0.3) is 0 Å². The summed E-state index contributed by atoms with van der Waals surface area (Å²) in [4.78, 5) is 11.5. The summed E-state index contributed by atoms with van der Waals surface area (Å²) >= 11 is 0. The minimum atomic E-state index is -0.476. The van der Waals surface area contributed by atoms with E-state index in [1.807, 2.05) is 14.0 Å². The Labute approximate surface area is 104 Å². The van der Waals surface area contributed by atoms with Crippen LogP contribution < -0.4 is 0 Å². The normalized spacial score (nSPS) is 10.6. The van der Waals surface area contributed by atoms with Crippen LogP contribution in [0.5, 0.6) is 0 Å². The van der Waals surface area contributed by atoms with Crippen molar-refractivity contribution in [2.24, 2.45) is 7.05 Å². The van der Waals surface area contributed by atoms with Crippen LogP contribution in [-0.4, -0.2) is 42.8 Å². The lowest BCUT2D eigenvalue weighted by Crippen LogP contribution is -2.12. The van der Waals surface area contributed by atoms with Gasteiger partial charge in [0.05, 0.1) is 12.8 Å². The number of aryl methyl sites for hydroxylation is 1. The van der Waals surface area contributed by atoms with Crippen LogP contribution in [0, 0.1) is 0 Å². The molecule has 2 aromatic heterocycles. The highest BCUT2D eigenvalue weighted by atomic mass is 16.5. The molecule has 0 aliphatic rings. The zero-order valence-corrected chi connectivity index (χ0v) is 10.5. The third kappa shape index (κ3) is 2.08. The summed E-state index contributed by atoms with van der Waals surface area (Å²) in [6.45, 7) is 2.35. The summed E-state index contributed by atoms with van der Waals surface area (Å²) < 4.78 is 8.09. The molecule has 2 heterocycles. The molecule has 2 rings (SSSR count). The molecule has 0 aliphatic carbocycles. The van der Waals surface area contributed by atoms with Crippen LogP contribution in [0.4, 0.5) is 0 Å². The maximum Gasteiger partial charge on any atom is 0.360 e. The Bertz CT molecular complexity index is 558. The van der Waals surface area contributed by atoms with Crippen molar-refractivity contribution in [2.45, 2.75) is 19.9 Å². The fourth-order valence-corrected chi connectivity index (χ4v) is 1.65. The molecule has 0 radical (unpaired) electrons. The summed E-state index contributed by atoms with van der Waals surface area (Å²) in [6.07, 6.45) is 2.24. The first-order valence-electron chi connectivity index (χ1n) is 5.50. The second kappa shape index (κ2) is 4.94. The summed E-state index contributed by atoms with van der Waals surface area (Å²) in [6, 6.07) is 0. The van der Waals surface area contributed by atoms with Crippen molar-refractivity contribution in [1.82, 2.24) is 29.8 Å². The van der Waals surface area contributed by atoms with Gasteiger partial charge in [0, 0.05) is 7.05 Å². The standard InChI is InChI=1S/C10H14N6O2/c1-4-7-9(10(17)18-3)13-14-16(7)5-8-12-11-6-15(8)2/h6H,4-5H2,1-3H3. The fourth-order valence-electron chi connectivity index (χ4n) is 1.65. The molecule has 8 nitrogen and oxygen atoms in total. The second-order valence-electron chi connectivity index (χ2n) is 3.75. The SMILES string of the molecule is CCc1c(C(=O)OC)nnn1Cc1nncn1C. The van der Waals surface area contributed by atoms with Crippen LogP contribution in [0.2, 0.25) is 0 Å². The Morgan fingerprint density at radius 3 is 2.78 bits per heavy atom. The molecule has 18 heavy (non-hydrogen) atoms. The molecule has 0 atom stereocenters. The van der Waals surface area contributed by atoms with Crippen LogP contribution in [0.1, 0.15) is 28.9 Å². The van der Waals surface area contributed by atoms with Crippen molar-refractivity contribution >= 4 is 5.97 Å². The first-order valence-corrected chi connectivity index (χ1v) is 5.50. The van der Waals surface area contributed by atoms with E-state index in [4.69, 9.17) is 0 Å². The Morgan fingerprint density at radius 1 is 1.44 bits per heavy atom. The number of esters is 1. The number of hydrogen-bond acceptors (Lipinski definition) is 6. The molecule has 0 aromatic carbocycles. The van der Waals surface area contributed by atoms with Gasteiger partial charge in [-0.2, -0.15) is 0 Å². The maximum absolute atomic E-state index is 11.5. The van der Waals surface area contributed by atoms with Crippen LogP contribution in [0.15, 0.2) is 6.33 Å². The minimum Gasteiger partial charge on any atom is -0.464 e. The highest BCUT2D eigenvalue weighted by molar-refractivity contribution is 5.88. The average Bonchev–Trinajstić information content (AvgIpc) is 2.96. The second-order valence-corrected chi connectivity index (χ2v) is 3.75. The van der Waals surface area contributed by atoms with Crippen molar-refractivity contribution in [3.05, 3.63) is 23.5 Å². The summed E-state index contributed by atoms with van der Waals surface area (Å²) in [5.74, 6) is 0.266. The van der Waals surface area contributed by atoms with Gasteiger partial charge in [-0.1, -0.05) is 12.1 Å². The first kappa shape index (κ1) is 12.2. The Balaban J connectivity index is 2.32. The van der Waals surface area contributed by atoms with Crippen molar-refractivity contribution in [3.63, 3.8) is 0 Å². The Hall–Kier alpha value is -2.25. The zero-order valence-electron chi connectivity index (χ0n) is 10.5. The number of nitrogens with zero attached hydrogens (tertiary/aromatic N) is 6. The number of hydrogen-bond donors (Lipinski definition) is 0. The predicted molar refractivity (Wildman–Crippen MR) is 60.8 cm³/mol. The van der Waals surface area contributed by atoms with E-state index in [2.05, 4.69) is 25.2 Å². The lowest BCUT2D eigenvalue weighted by molar-refractivity contribution is 0.0592. The van der Waals surface area contributed by atoms with Crippen molar-refractivity contribution < 1.29 is 9.53 Å². The van der Waals surface area contributed by atoms with Gasteiger partial charge in [-0.05, 0) is 6.42 Å². The van der Waals surface area contributed by atoms with Gasteiger partial charge in [0.1, 0.15) is 12.9 Å². The van der Waals surface area contributed by atoms with Crippen LogP contribution in [-0.2, 0) is 24.8 Å². The summed E-state index contributed by atoms with van der Waals surface area (Å²) in [5, 5.41) is 15.6. The minimum absolute atomic E-state index is 0.252. The topological polar surface area (TPSA) is 87.7 Å². The van der Waals surface area contributed by atoms with E-state index in [-0.39, 0.29) is 5.69 Å². The first-order chi connectivity index (χ1) is 8.67. The largest absolute Gasteiger partial charge is 0.464 e. The molecule has 0 bridgehead atoms. The third-order valence-electron chi connectivity index (χ3n) is 2.65. The molecule has 0 N–H and O–H groups in total. The smallest absolute Gasteiger partial charge is 0.360 e. The van der Waals surface area contributed by atoms with E-state index < -0.39 is 5.97 Å². The predicted octanol–water partition coefficient (Wildman–Crippen LogP) is -0.196. The molecule has 0 aliphatic heterocycles. The van der Waals surface area contributed by atoms with Crippen LogP contribution >= 0.6 is 0 Å². The molecule has 96 valence electrons. The number of methoxy groups -OCH3 is 1. The summed E-state index contributed by atoms with van der Waals surface area (Å²) in [5.41, 5.74) is 0.979. The lowest BCUT2D eigenvalue weighted by Gasteiger charge is -2.04. The molecule has 0 spiro atoms. The third-order valence-corrected chi connectivity index (χ3v) is 2.65. The van der Waals surface area contributed by atoms with E-state index in [9.17, 15) is 4.79 Å². The molecule has 0 amide bonds. The van der Waals surface area contributed by atoms with E-state index in [0.29, 0.717) is 13.0 Å².